The lowest BCUT2D eigenvalue weighted by molar-refractivity contribution is -0.0642. The first-order valence-corrected chi connectivity index (χ1v) is 11.3. The second-order valence-corrected chi connectivity index (χ2v) is 9.18. The second-order valence-electron chi connectivity index (χ2n) is 9.18. The Bertz CT molecular complexity index is 950. The quantitative estimate of drug-likeness (QED) is 0.780. The normalized spacial score (nSPS) is 28.4. The number of hydrogen-bond acceptors (Lipinski definition) is 3. The average molecular weight is 400 g/mol. The summed E-state index contributed by atoms with van der Waals surface area (Å²) in [6, 6.07) is 21.3. The van der Waals surface area contributed by atoms with Crippen LogP contribution >= 0.6 is 0 Å². The van der Waals surface area contributed by atoms with Crippen molar-refractivity contribution in [3.63, 3.8) is 0 Å². The molecule has 0 aromatic heterocycles. The van der Waals surface area contributed by atoms with Crippen molar-refractivity contribution in [3.8, 4) is 6.07 Å². The summed E-state index contributed by atoms with van der Waals surface area (Å²) in [6.45, 7) is 2.82. The molecule has 0 unspecified atom stereocenters. The Balaban J connectivity index is 1.43. The van der Waals surface area contributed by atoms with E-state index in [9.17, 15) is 10.1 Å². The van der Waals surface area contributed by atoms with Gasteiger partial charge in [-0.2, -0.15) is 5.26 Å². The first kappa shape index (κ1) is 19.3. The Morgan fingerprint density at radius 3 is 2.60 bits per heavy atom. The minimum Gasteiger partial charge on any atom is -0.338 e. The smallest absolute Gasteiger partial charge is 0.255 e. The zero-order chi connectivity index (χ0) is 20.5. The Morgan fingerprint density at radius 1 is 1.00 bits per heavy atom. The molecule has 1 amide bonds. The molecule has 30 heavy (non-hydrogen) atoms. The van der Waals surface area contributed by atoms with Gasteiger partial charge < -0.3 is 4.90 Å². The van der Waals surface area contributed by atoms with E-state index in [2.05, 4.69) is 46.2 Å². The van der Waals surface area contributed by atoms with Crippen LogP contribution in [0.2, 0.25) is 0 Å². The van der Waals surface area contributed by atoms with Crippen molar-refractivity contribution in [3.05, 3.63) is 71.3 Å². The highest BCUT2D eigenvalue weighted by Crippen LogP contribution is 2.42. The lowest BCUT2D eigenvalue weighted by Gasteiger charge is -2.57. The summed E-state index contributed by atoms with van der Waals surface area (Å²) >= 11 is 0. The molecule has 5 rings (SSSR count). The highest BCUT2D eigenvalue weighted by molar-refractivity contribution is 5.96. The van der Waals surface area contributed by atoms with E-state index in [4.69, 9.17) is 0 Å². The van der Waals surface area contributed by atoms with Crippen molar-refractivity contribution in [1.29, 1.82) is 5.26 Å². The zero-order valence-electron chi connectivity index (χ0n) is 17.4. The molecule has 0 spiro atoms. The van der Waals surface area contributed by atoms with Gasteiger partial charge in [-0.15, -0.1) is 0 Å². The van der Waals surface area contributed by atoms with Crippen LogP contribution in [0.1, 0.15) is 47.2 Å². The molecule has 154 valence electrons. The molecule has 3 fully saturated rings. The van der Waals surface area contributed by atoms with Crippen LogP contribution in [0.5, 0.6) is 0 Å². The van der Waals surface area contributed by atoms with Gasteiger partial charge >= 0.3 is 0 Å². The average Bonchev–Trinajstić information content (AvgIpc) is 2.82. The molecular weight excluding hydrogens is 370 g/mol. The van der Waals surface area contributed by atoms with Crippen LogP contribution in [-0.2, 0) is 6.42 Å². The van der Waals surface area contributed by atoms with E-state index in [0.717, 1.165) is 19.5 Å². The predicted octanol–water partition coefficient (Wildman–Crippen LogP) is 4.12. The third-order valence-electron chi connectivity index (χ3n) is 7.47. The summed E-state index contributed by atoms with van der Waals surface area (Å²) in [5, 5.41) is 9.46. The molecule has 4 heteroatoms. The van der Waals surface area contributed by atoms with Crippen LogP contribution in [0, 0.1) is 23.2 Å². The summed E-state index contributed by atoms with van der Waals surface area (Å²) in [4.78, 5) is 18.2. The van der Waals surface area contributed by atoms with Crippen molar-refractivity contribution in [2.24, 2.45) is 11.8 Å². The lowest BCUT2D eigenvalue weighted by atomic mass is 9.71. The molecular formula is C26H29N3O. The second kappa shape index (κ2) is 8.24. The van der Waals surface area contributed by atoms with Gasteiger partial charge in [0, 0.05) is 25.2 Å². The number of hydrogen-bond donors (Lipinski definition) is 0. The van der Waals surface area contributed by atoms with Crippen molar-refractivity contribution in [2.45, 2.75) is 44.2 Å². The summed E-state index contributed by atoms with van der Waals surface area (Å²) in [5.41, 5.74) is 2.43. The highest BCUT2D eigenvalue weighted by atomic mass is 16.2. The van der Waals surface area contributed by atoms with E-state index in [1.165, 1.54) is 37.8 Å². The minimum absolute atomic E-state index is 0.0320. The molecule has 3 aliphatic heterocycles. The van der Waals surface area contributed by atoms with Gasteiger partial charge in [0.1, 0.15) is 0 Å². The van der Waals surface area contributed by atoms with Gasteiger partial charge in [0.25, 0.3) is 5.91 Å². The Labute approximate surface area is 179 Å². The van der Waals surface area contributed by atoms with Gasteiger partial charge in [0.2, 0.25) is 0 Å². The summed E-state index contributed by atoms with van der Waals surface area (Å²) in [5.74, 6) is 1.08. The first-order valence-electron chi connectivity index (χ1n) is 11.3. The van der Waals surface area contributed by atoms with E-state index >= 15 is 0 Å². The molecule has 4 atom stereocenters. The van der Waals surface area contributed by atoms with E-state index in [1.807, 2.05) is 12.1 Å². The number of likely N-dealkylation sites (tertiary alicyclic amines) is 1. The van der Waals surface area contributed by atoms with Crippen molar-refractivity contribution in [1.82, 2.24) is 9.80 Å². The maximum Gasteiger partial charge on any atom is 0.255 e. The van der Waals surface area contributed by atoms with Gasteiger partial charge in [-0.3, -0.25) is 9.69 Å². The van der Waals surface area contributed by atoms with Crippen LogP contribution in [0.4, 0.5) is 0 Å². The van der Waals surface area contributed by atoms with E-state index in [1.54, 1.807) is 12.1 Å². The fourth-order valence-corrected chi connectivity index (χ4v) is 6.15. The monoisotopic (exact) mass is 399 g/mol. The largest absolute Gasteiger partial charge is 0.338 e. The maximum absolute atomic E-state index is 13.4. The van der Waals surface area contributed by atoms with Crippen molar-refractivity contribution >= 4 is 5.91 Å². The number of nitriles is 1. The first-order chi connectivity index (χ1) is 14.7. The number of fused-ring (bicyclic) bond motifs is 4. The molecule has 0 saturated carbocycles. The van der Waals surface area contributed by atoms with Crippen molar-refractivity contribution in [2.75, 3.05) is 19.6 Å². The summed E-state index contributed by atoms with van der Waals surface area (Å²) in [6.07, 6.45) is 6.12. The minimum atomic E-state index is 0.0320. The topological polar surface area (TPSA) is 47.3 Å². The SMILES string of the molecule is N#Cc1ccccc1C(=O)N1C[C@H]2C[C@@H](C1)[C@H](Cc1ccccc1)N1CCCC[C@@H]21. The third-order valence-corrected chi connectivity index (χ3v) is 7.47. The Hall–Kier alpha value is -2.64. The number of amides is 1. The summed E-state index contributed by atoms with van der Waals surface area (Å²) in [7, 11) is 0. The van der Waals surface area contributed by atoms with E-state index in [0.29, 0.717) is 35.0 Å². The number of piperidine rings is 3. The number of benzene rings is 2. The molecule has 3 saturated heterocycles. The molecule has 0 radical (unpaired) electrons. The zero-order valence-corrected chi connectivity index (χ0v) is 17.4. The van der Waals surface area contributed by atoms with Crippen LogP contribution in [0.25, 0.3) is 0 Å². The fraction of sp³-hybridized carbons (Fsp3) is 0.462. The van der Waals surface area contributed by atoms with Crippen LogP contribution < -0.4 is 0 Å². The molecule has 0 N–H and O–H groups in total. The molecule has 4 nitrogen and oxygen atoms in total. The van der Waals surface area contributed by atoms with Crippen molar-refractivity contribution < 1.29 is 4.79 Å². The van der Waals surface area contributed by atoms with Crippen LogP contribution in [0.15, 0.2) is 54.6 Å². The van der Waals surface area contributed by atoms with Gasteiger partial charge in [0.15, 0.2) is 0 Å². The molecule has 2 aromatic carbocycles. The van der Waals surface area contributed by atoms with Gasteiger partial charge in [-0.05, 0) is 61.8 Å². The predicted molar refractivity (Wildman–Crippen MR) is 117 cm³/mol. The van der Waals surface area contributed by atoms with Gasteiger partial charge in [-0.25, -0.2) is 0 Å². The standard InChI is InChI=1S/C26H29N3O/c27-16-20-10-4-5-11-23(20)26(30)28-17-21-15-22(18-28)25(14-19-8-2-1-3-9-19)29-13-7-6-12-24(21)29/h1-5,8-11,21-22,24-25H,6-7,12-15,17-18H2/t21-,22+,24+,25+/m1/s1. The van der Waals surface area contributed by atoms with E-state index < -0.39 is 0 Å². The molecule has 3 heterocycles. The van der Waals surface area contributed by atoms with Crippen LogP contribution in [-0.4, -0.2) is 47.4 Å². The third kappa shape index (κ3) is 3.52. The lowest BCUT2D eigenvalue weighted by Crippen LogP contribution is -2.64. The molecule has 2 aromatic rings. The Kier molecular flexibility index (Phi) is 5.31. The number of nitrogens with zero attached hydrogens (tertiary/aromatic N) is 3. The molecule has 2 bridgehead atoms. The fourth-order valence-electron chi connectivity index (χ4n) is 6.15. The van der Waals surface area contributed by atoms with Gasteiger partial charge in [-0.1, -0.05) is 48.9 Å². The van der Waals surface area contributed by atoms with Gasteiger partial charge in [0.05, 0.1) is 17.2 Å². The summed E-state index contributed by atoms with van der Waals surface area (Å²) < 4.78 is 0. The highest BCUT2D eigenvalue weighted by Gasteiger charge is 2.47. The Morgan fingerprint density at radius 2 is 1.77 bits per heavy atom. The number of carbonyl (C=O) groups excluding carboxylic acids is 1. The molecule has 0 aliphatic carbocycles. The maximum atomic E-state index is 13.4. The van der Waals surface area contributed by atoms with Crippen LogP contribution in [0.3, 0.4) is 0 Å². The number of rotatable bonds is 3. The number of carbonyl (C=O) groups is 1. The van der Waals surface area contributed by atoms with E-state index in [-0.39, 0.29) is 5.91 Å². The molecule has 3 aliphatic rings.